The van der Waals surface area contributed by atoms with Crippen LogP contribution in [0.1, 0.15) is 11.3 Å². The Labute approximate surface area is 122 Å². The summed E-state index contributed by atoms with van der Waals surface area (Å²) in [6.07, 6.45) is 4.91. The second kappa shape index (κ2) is 8.01. The monoisotopic (exact) mass is 290 g/mol. The van der Waals surface area contributed by atoms with Crippen LogP contribution >= 0.6 is 0 Å². The van der Waals surface area contributed by atoms with Crippen molar-refractivity contribution in [2.45, 2.75) is 13.1 Å². The Morgan fingerprint density at radius 2 is 2.38 bits per heavy atom. The van der Waals surface area contributed by atoms with E-state index in [0.717, 1.165) is 5.56 Å². The van der Waals surface area contributed by atoms with Crippen LogP contribution < -0.4 is 5.32 Å². The molecule has 0 spiro atoms. The highest BCUT2D eigenvalue weighted by Gasteiger charge is 2.14. The fraction of sp³-hybridized carbons (Fsp3) is 0.357. The van der Waals surface area contributed by atoms with Crippen molar-refractivity contribution in [1.82, 2.24) is 20.4 Å². The van der Waals surface area contributed by atoms with E-state index in [1.807, 2.05) is 12.1 Å². The van der Waals surface area contributed by atoms with Crippen molar-refractivity contribution >= 4 is 6.03 Å². The first-order valence-electron chi connectivity index (χ1n) is 6.59. The van der Waals surface area contributed by atoms with Gasteiger partial charge in [-0.1, -0.05) is 11.2 Å². The van der Waals surface area contributed by atoms with E-state index in [9.17, 15) is 4.79 Å². The number of nitrogens with zero attached hydrogens (tertiary/aromatic N) is 3. The molecule has 0 aliphatic heterocycles. The largest absolute Gasteiger partial charge is 0.383 e. The summed E-state index contributed by atoms with van der Waals surface area (Å²) in [6, 6.07) is 5.30. The molecule has 2 aromatic rings. The Morgan fingerprint density at radius 3 is 3.05 bits per heavy atom. The maximum Gasteiger partial charge on any atom is 0.318 e. The molecular formula is C14H18N4O3. The highest BCUT2D eigenvalue weighted by atomic mass is 16.5. The molecule has 2 heterocycles. The minimum atomic E-state index is -0.182. The number of carbonyl (C=O) groups is 1. The second-order valence-electron chi connectivity index (χ2n) is 4.43. The molecule has 1 N–H and O–H groups in total. The predicted molar refractivity (Wildman–Crippen MR) is 75.3 cm³/mol. The van der Waals surface area contributed by atoms with Crippen LogP contribution in [0.3, 0.4) is 0 Å². The van der Waals surface area contributed by atoms with Gasteiger partial charge in [0.1, 0.15) is 12.0 Å². The molecule has 0 radical (unpaired) electrons. The summed E-state index contributed by atoms with van der Waals surface area (Å²) in [5.41, 5.74) is 1.64. The van der Waals surface area contributed by atoms with Crippen molar-refractivity contribution < 1.29 is 14.1 Å². The van der Waals surface area contributed by atoms with Gasteiger partial charge >= 0.3 is 6.03 Å². The van der Waals surface area contributed by atoms with Crippen LogP contribution in [0, 0.1) is 0 Å². The highest BCUT2D eigenvalue weighted by molar-refractivity contribution is 5.74. The van der Waals surface area contributed by atoms with Gasteiger partial charge in [0.15, 0.2) is 0 Å². The SMILES string of the molecule is COCCN(Cc1cccnc1)C(=O)NCc1ccon1. The van der Waals surface area contributed by atoms with Gasteiger partial charge in [-0.25, -0.2) is 4.79 Å². The van der Waals surface area contributed by atoms with E-state index >= 15 is 0 Å². The summed E-state index contributed by atoms with van der Waals surface area (Å²) in [4.78, 5) is 17.9. The van der Waals surface area contributed by atoms with E-state index in [-0.39, 0.29) is 6.03 Å². The van der Waals surface area contributed by atoms with Gasteiger partial charge in [-0.05, 0) is 11.6 Å². The first kappa shape index (κ1) is 15.0. The molecule has 0 saturated carbocycles. The van der Waals surface area contributed by atoms with Crippen molar-refractivity contribution in [2.24, 2.45) is 0 Å². The molecular weight excluding hydrogens is 272 g/mol. The molecule has 0 fully saturated rings. The average molecular weight is 290 g/mol. The first-order chi connectivity index (χ1) is 10.3. The third-order valence-corrected chi connectivity index (χ3v) is 2.86. The minimum absolute atomic E-state index is 0.182. The molecule has 0 atom stereocenters. The lowest BCUT2D eigenvalue weighted by Crippen LogP contribution is -2.41. The number of urea groups is 1. The van der Waals surface area contributed by atoms with Crippen LogP contribution in [-0.2, 0) is 17.8 Å². The lowest BCUT2D eigenvalue weighted by molar-refractivity contribution is 0.146. The molecule has 2 aromatic heterocycles. The number of pyridine rings is 1. The third-order valence-electron chi connectivity index (χ3n) is 2.86. The summed E-state index contributed by atoms with van der Waals surface area (Å²) in [5, 5.41) is 6.55. The number of hydrogen-bond acceptors (Lipinski definition) is 5. The zero-order valence-corrected chi connectivity index (χ0v) is 11.9. The maximum absolute atomic E-state index is 12.2. The van der Waals surface area contributed by atoms with E-state index in [4.69, 9.17) is 9.26 Å². The lowest BCUT2D eigenvalue weighted by atomic mass is 10.2. The highest BCUT2D eigenvalue weighted by Crippen LogP contribution is 2.04. The summed E-state index contributed by atoms with van der Waals surface area (Å²) in [7, 11) is 1.61. The van der Waals surface area contributed by atoms with E-state index < -0.39 is 0 Å². The van der Waals surface area contributed by atoms with Crippen LogP contribution in [0.2, 0.25) is 0 Å². The Kier molecular flexibility index (Phi) is 5.71. The molecule has 2 amide bonds. The van der Waals surface area contributed by atoms with Gasteiger partial charge in [0.25, 0.3) is 0 Å². The number of aromatic nitrogens is 2. The zero-order valence-electron chi connectivity index (χ0n) is 11.9. The lowest BCUT2D eigenvalue weighted by Gasteiger charge is -2.22. The Hall–Kier alpha value is -2.41. The van der Waals surface area contributed by atoms with Gasteiger partial charge in [-0.2, -0.15) is 0 Å². The molecule has 0 aliphatic rings. The number of carbonyl (C=O) groups excluding carboxylic acids is 1. The van der Waals surface area contributed by atoms with Gasteiger partial charge in [0.2, 0.25) is 0 Å². The molecule has 2 rings (SSSR count). The molecule has 7 heteroatoms. The first-order valence-corrected chi connectivity index (χ1v) is 6.59. The molecule has 0 aromatic carbocycles. The molecule has 0 saturated heterocycles. The van der Waals surface area contributed by atoms with Crippen molar-refractivity contribution in [3.63, 3.8) is 0 Å². The number of nitrogens with one attached hydrogen (secondary N) is 1. The Bertz CT molecular complexity index is 530. The smallest absolute Gasteiger partial charge is 0.318 e. The average Bonchev–Trinajstić information content (AvgIpc) is 3.03. The molecule has 0 bridgehead atoms. The van der Waals surface area contributed by atoms with Crippen LogP contribution in [0.15, 0.2) is 41.4 Å². The van der Waals surface area contributed by atoms with E-state index in [1.165, 1.54) is 6.26 Å². The summed E-state index contributed by atoms with van der Waals surface area (Å²) in [6.45, 7) is 1.77. The topological polar surface area (TPSA) is 80.5 Å². The van der Waals surface area contributed by atoms with Gasteiger partial charge in [-0.15, -0.1) is 0 Å². The molecule has 7 nitrogen and oxygen atoms in total. The number of amides is 2. The van der Waals surface area contributed by atoms with Crippen LogP contribution in [0.25, 0.3) is 0 Å². The second-order valence-corrected chi connectivity index (χ2v) is 4.43. The molecule has 0 aliphatic carbocycles. The van der Waals surface area contributed by atoms with E-state index in [2.05, 4.69) is 15.5 Å². The molecule has 21 heavy (non-hydrogen) atoms. The van der Waals surface area contributed by atoms with E-state index in [1.54, 1.807) is 30.5 Å². The van der Waals surface area contributed by atoms with Crippen LogP contribution in [0.4, 0.5) is 4.79 Å². The van der Waals surface area contributed by atoms with E-state index in [0.29, 0.717) is 31.9 Å². The number of ether oxygens (including phenoxy) is 1. The van der Waals surface area contributed by atoms with Gasteiger partial charge in [0, 0.05) is 38.7 Å². The Balaban J connectivity index is 1.92. The van der Waals surface area contributed by atoms with Crippen LogP contribution in [0.5, 0.6) is 0 Å². The Morgan fingerprint density at radius 1 is 1.48 bits per heavy atom. The fourth-order valence-electron chi connectivity index (χ4n) is 1.77. The quantitative estimate of drug-likeness (QED) is 0.834. The summed E-state index contributed by atoms with van der Waals surface area (Å²) >= 11 is 0. The standard InChI is InChI=1S/C14H18N4O3/c1-20-8-6-18(11-12-3-2-5-15-9-12)14(19)16-10-13-4-7-21-17-13/h2-5,7,9H,6,8,10-11H2,1H3,(H,16,19). The van der Waals surface area contributed by atoms with Crippen molar-refractivity contribution in [1.29, 1.82) is 0 Å². The van der Waals surface area contributed by atoms with Gasteiger partial charge < -0.3 is 19.5 Å². The normalized spacial score (nSPS) is 10.3. The summed E-state index contributed by atoms with van der Waals surface area (Å²) in [5.74, 6) is 0. The summed E-state index contributed by atoms with van der Waals surface area (Å²) < 4.78 is 9.77. The van der Waals surface area contributed by atoms with Crippen molar-refractivity contribution in [3.05, 3.63) is 48.1 Å². The van der Waals surface area contributed by atoms with Crippen LogP contribution in [-0.4, -0.2) is 41.3 Å². The van der Waals surface area contributed by atoms with Gasteiger partial charge in [0.05, 0.1) is 13.2 Å². The molecule has 112 valence electrons. The van der Waals surface area contributed by atoms with Crippen molar-refractivity contribution in [3.8, 4) is 0 Å². The zero-order chi connectivity index (χ0) is 14.9. The molecule has 0 unspecified atom stereocenters. The third kappa shape index (κ3) is 4.88. The van der Waals surface area contributed by atoms with Crippen molar-refractivity contribution in [2.75, 3.05) is 20.3 Å². The number of rotatable bonds is 7. The predicted octanol–water partition coefficient (Wildman–Crippen LogP) is 1.43. The number of methoxy groups -OCH3 is 1. The maximum atomic E-state index is 12.2. The van der Waals surface area contributed by atoms with Gasteiger partial charge in [-0.3, -0.25) is 4.98 Å². The minimum Gasteiger partial charge on any atom is -0.383 e. The fourth-order valence-corrected chi connectivity index (χ4v) is 1.77. The number of hydrogen-bond donors (Lipinski definition) is 1.